The van der Waals surface area contributed by atoms with Crippen molar-refractivity contribution in [2.24, 2.45) is 0 Å². The van der Waals surface area contributed by atoms with Crippen LogP contribution < -0.4 is 5.32 Å². The van der Waals surface area contributed by atoms with Gasteiger partial charge in [0, 0.05) is 6.54 Å². The van der Waals surface area contributed by atoms with Crippen molar-refractivity contribution in [3.8, 4) is 0 Å². The van der Waals surface area contributed by atoms with Crippen LogP contribution in [0.3, 0.4) is 0 Å². The molecule has 0 radical (unpaired) electrons. The molecule has 2 aromatic carbocycles. The van der Waals surface area contributed by atoms with Gasteiger partial charge in [-0.3, -0.25) is 4.79 Å². The molecule has 1 aliphatic rings. The van der Waals surface area contributed by atoms with Crippen LogP contribution in [0.2, 0.25) is 0 Å². The van der Waals surface area contributed by atoms with E-state index in [-0.39, 0.29) is 36.7 Å². The number of carbonyl (C=O) groups excluding carboxylic acids is 1. The van der Waals surface area contributed by atoms with E-state index in [1.807, 2.05) is 31.2 Å². The van der Waals surface area contributed by atoms with Gasteiger partial charge >= 0.3 is 0 Å². The summed E-state index contributed by atoms with van der Waals surface area (Å²) in [6.45, 7) is 3.11. The molecule has 1 aromatic heterocycles. The largest absolute Gasteiger partial charge is 0.365 e. The van der Waals surface area contributed by atoms with Crippen molar-refractivity contribution in [3.63, 3.8) is 0 Å². The van der Waals surface area contributed by atoms with E-state index in [2.05, 4.69) is 15.6 Å². The molecular formula is C20H19FN4O2. The summed E-state index contributed by atoms with van der Waals surface area (Å²) in [4.78, 5) is 12.5. The first-order valence-corrected chi connectivity index (χ1v) is 8.73. The first-order chi connectivity index (χ1) is 13.1. The maximum atomic E-state index is 12.9. The third-order valence-corrected chi connectivity index (χ3v) is 4.63. The van der Waals surface area contributed by atoms with Gasteiger partial charge in [-0.15, -0.1) is 5.10 Å². The fourth-order valence-electron chi connectivity index (χ4n) is 3.04. The predicted molar refractivity (Wildman–Crippen MR) is 96.3 cm³/mol. The molecule has 1 atom stereocenters. The number of nitrogens with one attached hydrogen (secondary N) is 1. The number of halogens is 1. The van der Waals surface area contributed by atoms with Gasteiger partial charge in [-0.05, 0) is 30.2 Å². The van der Waals surface area contributed by atoms with Crippen LogP contribution in [0.5, 0.6) is 0 Å². The summed E-state index contributed by atoms with van der Waals surface area (Å²) in [7, 11) is 0. The Hall–Kier alpha value is -3.06. The fourth-order valence-corrected chi connectivity index (χ4v) is 3.04. The molecule has 0 spiro atoms. The molecule has 1 amide bonds. The van der Waals surface area contributed by atoms with Crippen LogP contribution in [0, 0.1) is 12.7 Å². The topological polar surface area (TPSA) is 69.0 Å². The average molecular weight is 366 g/mol. The number of ether oxygens (including phenoxy) is 1. The number of fused-ring (bicyclic) bond motifs is 1. The first kappa shape index (κ1) is 17.4. The van der Waals surface area contributed by atoms with Gasteiger partial charge in [0.25, 0.3) is 5.91 Å². The highest BCUT2D eigenvalue weighted by Gasteiger charge is 2.27. The van der Waals surface area contributed by atoms with Crippen LogP contribution in [0.15, 0.2) is 48.5 Å². The number of carbonyl (C=O) groups is 1. The van der Waals surface area contributed by atoms with Crippen LogP contribution >= 0.6 is 0 Å². The minimum Gasteiger partial charge on any atom is -0.365 e. The molecule has 138 valence electrons. The van der Waals surface area contributed by atoms with E-state index in [4.69, 9.17) is 4.74 Å². The summed E-state index contributed by atoms with van der Waals surface area (Å²) in [5.41, 5.74) is 4.00. The van der Waals surface area contributed by atoms with Gasteiger partial charge in [-0.25, -0.2) is 9.07 Å². The number of rotatable bonds is 4. The second-order valence-corrected chi connectivity index (χ2v) is 6.59. The Morgan fingerprint density at radius 2 is 1.96 bits per heavy atom. The summed E-state index contributed by atoms with van der Waals surface area (Å²) in [6, 6.07) is 14.2. The standard InChI is InChI=1S/C20H19FN4O2/c1-13-2-6-15(7-3-13)18-11-25-17(12-27-18)19(23-24-25)20(26)22-10-14-4-8-16(21)9-5-14/h2-9,18H,10-12H2,1H3,(H,22,26). The van der Waals surface area contributed by atoms with E-state index < -0.39 is 0 Å². The van der Waals surface area contributed by atoms with E-state index in [0.717, 1.165) is 11.1 Å². The quantitative estimate of drug-likeness (QED) is 0.771. The first-order valence-electron chi connectivity index (χ1n) is 8.73. The zero-order valence-corrected chi connectivity index (χ0v) is 14.9. The van der Waals surface area contributed by atoms with Crippen molar-refractivity contribution < 1.29 is 13.9 Å². The predicted octanol–water partition coefficient (Wildman–Crippen LogP) is 2.93. The van der Waals surface area contributed by atoms with Crippen molar-refractivity contribution in [3.05, 3.63) is 82.4 Å². The fraction of sp³-hybridized carbons (Fsp3) is 0.250. The molecule has 1 N–H and O–H groups in total. The molecule has 1 aliphatic heterocycles. The van der Waals surface area contributed by atoms with Gasteiger partial charge < -0.3 is 10.1 Å². The van der Waals surface area contributed by atoms with Gasteiger partial charge in [-0.1, -0.05) is 47.2 Å². The van der Waals surface area contributed by atoms with E-state index >= 15 is 0 Å². The van der Waals surface area contributed by atoms with Crippen molar-refractivity contribution in [2.45, 2.75) is 32.7 Å². The molecule has 7 heteroatoms. The molecule has 27 heavy (non-hydrogen) atoms. The van der Waals surface area contributed by atoms with Crippen LogP contribution in [0.4, 0.5) is 4.39 Å². The second kappa shape index (κ2) is 7.28. The Balaban J connectivity index is 1.43. The van der Waals surface area contributed by atoms with Crippen LogP contribution in [0.25, 0.3) is 0 Å². The number of hydrogen-bond acceptors (Lipinski definition) is 4. The Morgan fingerprint density at radius 3 is 2.70 bits per heavy atom. The van der Waals surface area contributed by atoms with Gasteiger partial charge in [-0.2, -0.15) is 0 Å². The van der Waals surface area contributed by atoms with Gasteiger partial charge in [0.05, 0.1) is 18.8 Å². The van der Waals surface area contributed by atoms with Crippen LogP contribution in [0.1, 0.15) is 39.0 Å². The maximum absolute atomic E-state index is 12.9. The minimum atomic E-state index is -0.321. The Morgan fingerprint density at radius 1 is 1.22 bits per heavy atom. The molecule has 0 fully saturated rings. The third-order valence-electron chi connectivity index (χ3n) is 4.63. The lowest BCUT2D eigenvalue weighted by atomic mass is 10.1. The smallest absolute Gasteiger partial charge is 0.274 e. The number of nitrogens with zero attached hydrogens (tertiary/aromatic N) is 3. The lowest BCUT2D eigenvalue weighted by Crippen LogP contribution is -2.27. The Bertz CT molecular complexity index is 951. The highest BCUT2D eigenvalue weighted by molar-refractivity contribution is 5.93. The minimum absolute atomic E-state index is 0.116. The van der Waals surface area contributed by atoms with Gasteiger partial charge in [0.15, 0.2) is 5.69 Å². The van der Waals surface area contributed by atoms with E-state index in [0.29, 0.717) is 12.2 Å². The Labute approximate surface area is 156 Å². The van der Waals surface area contributed by atoms with E-state index in [1.165, 1.54) is 17.7 Å². The maximum Gasteiger partial charge on any atom is 0.274 e. The number of benzene rings is 2. The summed E-state index contributed by atoms with van der Waals surface area (Å²) >= 11 is 0. The highest BCUT2D eigenvalue weighted by atomic mass is 19.1. The summed E-state index contributed by atoms with van der Waals surface area (Å²) < 4.78 is 20.6. The molecule has 0 saturated heterocycles. The van der Waals surface area contributed by atoms with Crippen LogP contribution in [-0.2, 0) is 24.4 Å². The lowest BCUT2D eigenvalue weighted by molar-refractivity contribution is -0.00177. The van der Waals surface area contributed by atoms with Crippen molar-refractivity contribution in [1.29, 1.82) is 0 Å². The van der Waals surface area contributed by atoms with Crippen LogP contribution in [-0.4, -0.2) is 20.9 Å². The third kappa shape index (κ3) is 3.73. The normalized spacial score (nSPS) is 16.0. The van der Waals surface area contributed by atoms with Gasteiger partial charge in [0.1, 0.15) is 11.9 Å². The zero-order chi connectivity index (χ0) is 18.8. The summed E-state index contributed by atoms with van der Waals surface area (Å²) in [5.74, 6) is -0.629. The van der Waals surface area contributed by atoms with Gasteiger partial charge in [0.2, 0.25) is 0 Å². The molecular weight excluding hydrogens is 347 g/mol. The molecule has 1 unspecified atom stereocenters. The monoisotopic (exact) mass is 366 g/mol. The lowest BCUT2D eigenvalue weighted by Gasteiger charge is -2.24. The number of aryl methyl sites for hydroxylation is 1. The van der Waals surface area contributed by atoms with Crippen molar-refractivity contribution in [1.82, 2.24) is 20.3 Å². The number of aromatic nitrogens is 3. The Kier molecular flexibility index (Phi) is 4.68. The van der Waals surface area contributed by atoms with E-state index in [1.54, 1.807) is 16.8 Å². The van der Waals surface area contributed by atoms with Crippen molar-refractivity contribution in [2.75, 3.05) is 0 Å². The zero-order valence-electron chi connectivity index (χ0n) is 14.9. The molecule has 4 rings (SSSR count). The molecule has 0 saturated carbocycles. The molecule has 2 heterocycles. The van der Waals surface area contributed by atoms with E-state index in [9.17, 15) is 9.18 Å². The number of amides is 1. The summed E-state index contributed by atoms with van der Waals surface area (Å²) in [6.07, 6.45) is -0.116. The average Bonchev–Trinajstić information content (AvgIpc) is 3.11. The second-order valence-electron chi connectivity index (χ2n) is 6.59. The SMILES string of the molecule is Cc1ccc(C2Cn3nnc(C(=O)NCc4ccc(F)cc4)c3CO2)cc1. The molecule has 6 nitrogen and oxygen atoms in total. The van der Waals surface area contributed by atoms with Crippen molar-refractivity contribution >= 4 is 5.91 Å². The number of hydrogen-bond donors (Lipinski definition) is 1. The summed E-state index contributed by atoms with van der Waals surface area (Å²) in [5, 5.41) is 10.9. The molecule has 0 bridgehead atoms. The molecule has 0 aliphatic carbocycles. The highest BCUT2D eigenvalue weighted by Crippen LogP contribution is 2.27. The molecule has 3 aromatic rings.